The molecule has 1 rings (SSSR count). The first-order chi connectivity index (χ1) is 8.22. The first-order valence-corrected chi connectivity index (χ1v) is 5.02. The third-order valence-corrected chi connectivity index (χ3v) is 1.99. The van der Waals surface area contributed by atoms with Crippen LogP contribution >= 0.6 is 0 Å². The summed E-state index contributed by atoms with van der Waals surface area (Å²) in [5.41, 5.74) is 4.92. The van der Waals surface area contributed by atoms with E-state index in [-0.39, 0.29) is 12.5 Å². The summed E-state index contributed by atoms with van der Waals surface area (Å²) in [6, 6.07) is 5.21. The van der Waals surface area contributed by atoms with Crippen molar-refractivity contribution in [1.82, 2.24) is 10.9 Å². The molecule has 0 aliphatic carbocycles. The van der Waals surface area contributed by atoms with Crippen LogP contribution in [0.4, 0.5) is 0 Å². The monoisotopic (exact) mass is 240 g/mol. The van der Waals surface area contributed by atoms with Gasteiger partial charge in [0.2, 0.25) is 5.75 Å². The Morgan fingerprint density at radius 1 is 1.24 bits per heavy atom. The second kappa shape index (κ2) is 6.59. The van der Waals surface area contributed by atoms with Crippen LogP contribution in [0, 0.1) is 0 Å². The molecule has 2 N–H and O–H groups in total. The molecule has 94 valence electrons. The number of amides is 1. The highest BCUT2D eigenvalue weighted by atomic mass is 16.5. The van der Waals surface area contributed by atoms with Crippen LogP contribution in [0.3, 0.4) is 0 Å². The summed E-state index contributed by atoms with van der Waals surface area (Å²) in [6.45, 7) is -0.107. The highest BCUT2D eigenvalue weighted by Crippen LogP contribution is 2.36. The minimum absolute atomic E-state index is 0.107. The lowest BCUT2D eigenvalue weighted by molar-refractivity contribution is -0.123. The van der Waals surface area contributed by atoms with E-state index in [9.17, 15) is 4.79 Å². The summed E-state index contributed by atoms with van der Waals surface area (Å²) < 4.78 is 15.6. The minimum Gasteiger partial charge on any atom is -0.493 e. The van der Waals surface area contributed by atoms with Crippen LogP contribution in [0.5, 0.6) is 17.2 Å². The zero-order valence-electron chi connectivity index (χ0n) is 10.1. The van der Waals surface area contributed by atoms with Crippen molar-refractivity contribution in [3.63, 3.8) is 0 Å². The number of methoxy groups -OCH3 is 2. The van der Waals surface area contributed by atoms with E-state index in [0.29, 0.717) is 17.2 Å². The van der Waals surface area contributed by atoms with Gasteiger partial charge in [-0.05, 0) is 12.1 Å². The van der Waals surface area contributed by atoms with Crippen molar-refractivity contribution in [2.75, 3.05) is 27.9 Å². The SMILES string of the molecule is CNNC(=O)COc1cccc(OC)c1OC. The zero-order chi connectivity index (χ0) is 12.7. The van der Waals surface area contributed by atoms with E-state index in [1.165, 1.54) is 14.2 Å². The Bertz CT molecular complexity index is 382. The van der Waals surface area contributed by atoms with E-state index in [1.54, 1.807) is 25.2 Å². The van der Waals surface area contributed by atoms with Crippen LogP contribution in [0.25, 0.3) is 0 Å². The molecule has 0 radical (unpaired) electrons. The van der Waals surface area contributed by atoms with Gasteiger partial charge in [-0.25, -0.2) is 5.43 Å². The maximum absolute atomic E-state index is 11.2. The van der Waals surface area contributed by atoms with E-state index >= 15 is 0 Å². The third-order valence-electron chi connectivity index (χ3n) is 1.99. The molecule has 0 fully saturated rings. The predicted octanol–water partition coefficient (Wildman–Crippen LogP) is 0.333. The quantitative estimate of drug-likeness (QED) is 0.701. The molecule has 0 saturated heterocycles. The number of ether oxygens (including phenoxy) is 3. The molecule has 0 atom stereocenters. The highest BCUT2D eigenvalue weighted by Gasteiger charge is 2.11. The molecule has 1 aromatic rings. The second-order valence-electron chi connectivity index (χ2n) is 3.08. The van der Waals surface area contributed by atoms with Crippen molar-refractivity contribution < 1.29 is 19.0 Å². The van der Waals surface area contributed by atoms with E-state index in [4.69, 9.17) is 14.2 Å². The lowest BCUT2D eigenvalue weighted by atomic mass is 10.3. The Kier molecular flexibility index (Phi) is 5.09. The molecular formula is C11H16N2O4. The number of rotatable bonds is 6. The van der Waals surface area contributed by atoms with Gasteiger partial charge in [0.1, 0.15) is 0 Å². The molecule has 17 heavy (non-hydrogen) atoms. The maximum Gasteiger partial charge on any atom is 0.271 e. The largest absolute Gasteiger partial charge is 0.493 e. The predicted molar refractivity (Wildman–Crippen MR) is 62.2 cm³/mol. The number of carbonyl (C=O) groups is 1. The summed E-state index contributed by atoms with van der Waals surface area (Å²) >= 11 is 0. The number of hydrogen-bond donors (Lipinski definition) is 2. The summed E-state index contributed by atoms with van der Waals surface area (Å²) in [6.07, 6.45) is 0. The Morgan fingerprint density at radius 3 is 2.53 bits per heavy atom. The Balaban J connectivity index is 2.73. The first kappa shape index (κ1) is 13.1. The van der Waals surface area contributed by atoms with Gasteiger partial charge in [-0.2, -0.15) is 0 Å². The average Bonchev–Trinajstić information content (AvgIpc) is 2.36. The number of carbonyl (C=O) groups excluding carboxylic acids is 1. The third kappa shape index (κ3) is 3.53. The summed E-state index contributed by atoms with van der Waals surface area (Å²) in [7, 11) is 4.65. The topological polar surface area (TPSA) is 68.8 Å². The Morgan fingerprint density at radius 2 is 1.94 bits per heavy atom. The fourth-order valence-corrected chi connectivity index (χ4v) is 1.29. The molecule has 0 aliphatic rings. The van der Waals surface area contributed by atoms with Gasteiger partial charge in [0.05, 0.1) is 14.2 Å². The van der Waals surface area contributed by atoms with Crippen molar-refractivity contribution in [2.24, 2.45) is 0 Å². The van der Waals surface area contributed by atoms with Crippen LogP contribution in [0.2, 0.25) is 0 Å². The van der Waals surface area contributed by atoms with Crippen molar-refractivity contribution >= 4 is 5.91 Å². The summed E-state index contributed by atoms with van der Waals surface area (Å²) in [5, 5.41) is 0. The average molecular weight is 240 g/mol. The molecule has 0 aromatic heterocycles. The van der Waals surface area contributed by atoms with Crippen molar-refractivity contribution in [3.8, 4) is 17.2 Å². The molecule has 6 heteroatoms. The second-order valence-corrected chi connectivity index (χ2v) is 3.08. The number of hydrogen-bond acceptors (Lipinski definition) is 5. The molecule has 0 heterocycles. The smallest absolute Gasteiger partial charge is 0.271 e. The molecule has 0 aliphatic heterocycles. The maximum atomic E-state index is 11.2. The van der Waals surface area contributed by atoms with Crippen LogP contribution < -0.4 is 25.1 Å². The Labute approximate surface area is 99.8 Å². The summed E-state index contributed by atoms with van der Waals surface area (Å²) in [5.74, 6) is 1.20. The molecule has 0 saturated carbocycles. The van der Waals surface area contributed by atoms with Crippen molar-refractivity contribution in [3.05, 3.63) is 18.2 Å². The minimum atomic E-state index is -0.280. The van der Waals surface area contributed by atoms with Crippen LogP contribution in [-0.2, 0) is 4.79 Å². The first-order valence-electron chi connectivity index (χ1n) is 5.02. The molecular weight excluding hydrogens is 224 g/mol. The fraction of sp³-hybridized carbons (Fsp3) is 0.364. The number of hydrazine groups is 1. The number of para-hydroxylation sites is 1. The van der Waals surface area contributed by atoms with E-state index in [2.05, 4.69) is 10.9 Å². The fourth-order valence-electron chi connectivity index (χ4n) is 1.29. The van der Waals surface area contributed by atoms with Gasteiger partial charge in [0.15, 0.2) is 18.1 Å². The van der Waals surface area contributed by atoms with Crippen molar-refractivity contribution in [1.29, 1.82) is 0 Å². The van der Waals surface area contributed by atoms with Crippen LogP contribution in [0.1, 0.15) is 0 Å². The number of nitrogens with one attached hydrogen (secondary N) is 2. The summed E-state index contributed by atoms with van der Waals surface area (Å²) in [4.78, 5) is 11.2. The number of benzene rings is 1. The Hall–Kier alpha value is -1.95. The van der Waals surface area contributed by atoms with Gasteiger partial charge in [-0.3, -0.25) is 10.2 Å². The van der Waals surface area contributed by atoms with Gasteiger partial charge >= 0.3 is 0 Å². The van der Waals surface area contributed by atoms with E-state index in [0.717, 1.165) is 0 Å². The van der Waals surface area contributed by atoms with Crippen LogP contribution in [0.15, 0.2) is 18.2 Å². The molecule has 1 amide bonds. The van der Waals surface area contributed by atoms with E-state index < -0.39 is 0 Å². The van der Waals surface area contributed by atoms with E-state index in [1.807, 2.05) is 0 Å². The van der Waals surface area contributed by atoms with Gasteiger partial charge in [0.25, 0.3) is 5.91 Å². The zero-order valence-corrected chi connectivity index (χ0v) is 10.1. The lowest BCUT2D eigenvalue weighted by Gasteiger charge is -2.13. The normalized spacial score (nSPS) is 9.59. The highest BCUT2D eigenvalue weighted by molar-refractivity contribution is 5.77. The van der Waals surface area contributed by atoms with Gasteiger partial charge in [0, 0.05) is 7.05 Å². The van der Waals surface area contributed by atoms with Gasteiger partial charge < -0.3 is 14.2 Å². The molecule has 0 bridgehead atoms. The van der Waals surface area contributed by atoms with Crippen molar-refractivity contribution in [2.45, 2.75) is 0 Å². The lowest BCUT2D eigenvalue weighted by Crippen LogP contribution is -2.37. The molecule has 6 nitrogen and oxygen atoms in total. The van der Waals surface area contributed by atoms with Gasteiger partial charge in [-0.15, -0.1) is 0 Å². The standard InChI is InChI=1S/C11H16N2O4/c1-12-13-10(14)7-17-9-6-4-5-8(15-2)11(9)16-3/h4-6,12H,7H2,1-3H3,(H,13,14). The molecule has 0 unspecified atom stereocenters. The molecule has 1 aromatic carbocycles. The van der Waals surface area contributed by atoms with Gasteiger partial charge in [-0.1, -0.05) is 6.07 Å². The van der Waals surface area contributed by atoms with Crippen LogP contribution in [-0.4, -0.2) is 33.8 Å². The molecule has 0 spiro atoms.